The van der Waals surface area contributed by atoms with Crippen molar-refractivity contribution in [1.29, 1.82) is 0 Å². The van der Waals surface area contributed by atoms with Crippen LogP contribution in [0.15, 0.2) is 35.1 Å². The Bertz CT molecular complexity index is 482. The molecule has 0 amide bonds. The molecule has 0 radical (unpaired) electrons. The van der Waals surface area contributed by atoms with E-state index in [1.807, 2.05) is 0 Å². The van der Waals surface area contributed by atoms with Crippen LogP contribution in [0.3, 0.4) is 0 Å². The first kappa shape index (κ1) is 12.1. The van der Waals surface area contributed by atoms with Gasteiger partial charge in [-0.3, -0.25) is 9.00 Å². The monoisotopic (exact) mass is 246 g/mol. The van der Waals surface area contributed by atoms with Gasteiger partial charge in [0.05, 0.1) is 26.4 Å². The molecular formula is C9H10O4S2. The lowest BCUT2D eigenvalue weighted by Gasteiger charge is -2.02. The Kier molecular flexibility index (Phi) is 3.41. The van der Waals surface area contributed by atoms with Crippen molar-refractivity contribution in [2.24, 2.45) is 0 Å². The Labute approximate surface area is 90.7 Å². The summed E-state index contributed by atoms with van der Waals surface area (Å²) in [5.74, 6) is -1.44. The molecule has 0 N–H and O–H groups in total. The van der Waals surface area contributed by atoms with E-state index in [1.54, 1.807) is 0 Å². The van der Waals surface area contributed by atoms with Gasteiger partial charge in [-0.25, -0.2) is 8.42 Å². The van der Waals surface area contributed by atoms with Gasteiger partial charge in [0.2, 0.25) is 0 Å². The Balaban J connectivity index is 3.53. The van der Waals surface area contributed by atoms with Gasteiger partial charge in [0.15, 0.2) is 15.6 Å². The molecule has 1 heterocycles. The van der Waals surface area contributed by atoms with E-state index in [0.29, 0.717) is 0 Å². The highest BCUT2D eigenvalue weighted by molar-refractivity contribution is 7.99. The number of carbonyl (C=O) groups is 1. The average Bonchev–Trinajstić information content (AvgIpc) is 2.18. The number of carbonyl (C=O) groups excluding carboxylic acids is 1. The summed E-state index contributed by atoms with van der Waals surface area (Å²) < 4.78 is 34.8. The van der Waals surface area contributed by atoms with Gasteiger partial charge < -0.3 is 0 Å². The third-order valence-corrected chi connectivity index (χ3v) is 5.19. The SMILES string of the molecule is C=CC1=C(C=C)S(=O)(=O)CC(=O)CS1=O. The Morgan fingerprint density at radius 3 is 2.33 bits per heavy atom. The zero-order chi connectivity index (χ0) is 11.6. The van der Waals surface area contributed by atoms with E-state index in [4.69, 9.17) is 0 Å². The van der Waals surface area contributed by atoms with Crippen molar-refractivity contribution >= 4 is 26.4 Å². The second-order valence-corrected chi connectivity index (χ2v) is 6.30. The molecule has 1 aliphatic rings. The molecule has 0 saturated carbocycles. The largest absolute Gasteiger partial charge is 0.298 e. The lowest BCUT2D eigenvalue weighted by atomic mass is 10.5. The van der Waals surface area contributed by atoms with Gasteiger partial charge in [-0.2, -0.15) is 0 Å². The van der Waals surface area contributed by atoms with Crippen molar-refractivity contribution in [2.45, 2.75) is 0 Å². The number of ketones is 1. The van der Waals surface area contributed by atoms with Crippen LogP contribution in [-0.4, -0.2) is 29.9 Å². The third-order valence-electron chi connectivity index (χ3n) is 1.84. The topological polar surface area (TPSA) is 68.3 Å². The number of rotatable bonds is 2. The van der Waals surface area contributed by atoms with Crippen LogP contribution >= 0.6 is 0 Å². The summed E-state index contributed by atoms with van der Waals surface area (Å²) in [5.41, 5.74) is 0. The molecule has 0 spiro atoms. The molecule has 4 nitrogen and oxygen atoms in total. The fourth-order valence-electron chi connectivity index (χ4n) is 1.24. The second-order valence-electron chi connectivity index (χ2n) is 2.92. The predicted octanol–water partition coefficient (Wildman–Crippen LogP) is 0.316. The van der Waals surface area contributed by atoms with Crippen molar-refractivity contribution in [2.75, 3.05) is 11.5 Å². The first-order valence-corrected chi connectivity index (χ1v) is 7.01. The van der Waals surface area contributed by atoms with E-state index >= 15 is 0 Å². The minimum absolute atomic E-state index is 0.0656. The zero-order valence-corrected chi connectivity index (χ0v) is 9.57. The van der Waals surface area contributed by atoms with Crippen molar-refractivity contribution < 1.29 is 17.4 Å². The second kappa shape index (κ2) is 4.24. The van der Waals surface area contributed by atoms with Crippen molar-refractivity contribution in [3.63, 3.8) is 0 Å². The molecule has 0 bridgehead atoms. The standard InChI is InChI=1S/C9H10O4S2/c1-3-8-9(4-2)15(12,13)6-7(10)5-14(8)11/h3-4H,1-2,5-6H2. The van der Waals surface area contributed by atoms with E-state index in [9.17, 15) is 17.4 Å². The summed E-state index contributed by atoms with van der Waals surface area (Å²) in [6, 6.07) is 0. The Morgan fingerprint density at radius 2 is 1.87 bits per heavy atom. The molecule has 0 aromatic rings. The maximum absolute atomic E-state index is 11.6. The molecule has 15 heavy (non-hydrogen) atoms. The van der Waals surface area contributed by atoms with Crippen LogP contribution in [0, 0.1) is 0 Å². The minimum atomic E-state index is -3.71. The molecule has 0 saturated heterocycles. The summed E-state index contributed by atoms with van der Waals surface area (Å²) in [5, 5.41) is 0. The van der Waals surface area contributed by atoms with Crippen molar-refractivity contribution in [3.8, 4) is 0 Å². The van der Waals surface area contributed by atoms with Gasteiger partial charge >= 0.3 is 0 Å². The fraction of sp³-hybridized carbons (Fsp3) is 0.222. The highest BCUT2D eigenvalue weighted by atomic mass is 32.2. The summed E-state index contributed by atoms with van der Waals surface area (Å²) in [6.45, 7) is 6.74. The van der Waals surface area contributed by atoms with Crippen LogP contribution in [0.4, 0.5) is 0 Å². The van der Waals surface area contributed by atoms with Crippen LogP contribution in [-0.2, 0) is 25.4 Å². The number of Topliss-reactive ketones (excluding diaryl/α,β-unsaturated/α-hetero) is 1. The third kappa shape index (κ3) is 2.32. The van der Waals surface area contributed by atoms with Gasteiger partial charge in [0, 0.05) is 0 Å². The van der Waals surface area contributed by atoms with Crippen LogP contribution < -0.4 is 0 Å². The Morgan fingerprint density at radius 1 is 1.27 bits per heavy atom. The van der Waals surface area contributed by atoms with Gasteiger partial charge in [-0.05, 0) is 6.08 Å². The molecule has 1 aliphatic heterocycles. The van der Waals surface area contributed by atoms with E-state index in [-0.39, 0.29) is 15.6 Å². The number of hydrogen-bond acceptors (Lipinski definition) is 4. The molecule has 0 fully saturated rings. The molecule has 0 aromatic heterocycles. The zero-order valence-electron chi connectivity index (χ0n) is 7.93. The number of allylic oxidation sites excluding steroid dienone is 2. The van der Waals surface area contributed by atoms with Crippen LogP contribution in [0.2, 0.25) is 0 Å². The molecule has 0 aromatic carbocycles. The van der Waals surface area contributed by atoms with E-state index in [1.165, 1.54) is 6.08 Å². The number of sulfone groups is 1. The first-order chi connectivity index (χ1) is 6.92. The maximum atomic E-state index is 11.6. The first-order valence-electron chi connectivity index (χ1n) is 4.04. The number of hydrogen-bond donors (Lipinski definition) is 0. The van der Waals surface area contributed by atoms with Gasteiger partial charge in [-0.1, -0.05) is 19.2 Å². The van der Waals surface area contributed by atoms with Crippen LogP contribution in [0.25, 0.3) is 0 Å². The lowest BCUT2D eigenvalue weighted by Crippen LogP contribution is -2.17. The van der Waals surface area contributed by atoms with Crippen molar-refractivity contribution in [3.05, 3.63) is 35.1 Å². The lowest BCUT2D eigenvalue weighted by molar-refractivity contribution is -0.114. The fourth-order valence-corrected chi connectivity index (χ4v) is 4.40. The average molecular weight is 246 g/mol. The summed E-state index contributed by atoms with van der Waals surface area (Å²) in [6.07, 6.45) is 2.30. The molecule has 6 heteroatoms. The van der Waals surface area contributed by atoms with E-state index in [0.717, 1.165) is 6.08 Å². The van der Waals surface area contributed by atoms with E-state index in [2.05, 4.69) is 13.2 Å². The quantitative estimate of drug-likeness (QED) is 0.703. The summed E-state index contributed by atoms with van der Waals surface area (Å²) in [7, 11) is -5.35. The highest BCUT2D eigenvalue weighted by Crippen LogP contribution is 2.22. The van der Waals surface area contributed by atoms with Gasteiger partial charge in [0.25, 0.3) is 0 Å². The summed E-state index contributed by atoms with van der Waals surface area (Å²) >= 11 is 0. The smallest absolute Gasteiger partial charge is 0.186 e. The molecule has 82 valence electrons. The molecule has 1 atom stereocenters. The van der Waals surface area contributed by atoms with Gasteiger partial charge in [0.1, 0.15) is 5.75 Å². The molecule has 1 unspecified atom stereocenters. The van der Waals surface area contributed by atoms with Crippen LogP contribution in [0.1, 0.15) is 0 Å². The predicted molar refractivity (Wildman–Crippen MR) is 59.2 cm³/mol. The van der Waals surface area contributed by atoms with Crippen LogP contribution in [0.5, 0.6) is 0 Å². The minimum Gasteiger partial charge on any atom is -0.298 e. The summed E-state index contributed by atoms with van der Waals surface area (Å²) in [4.78, 5) is 11.1. The molecule has 1 rings (SSSR count). The normalized spacial score (nSPS) is 25.9. The molecular weight excluding hydrogens is 236 g/mol. The molecule has 0 aliphatic carbocycles. The van der Waals surface area contributed by atoms with E-state index < -0.39 is 32.2 Å². The maximum Gasteiger partial charge on any atom is 0.186 e. The van der Waals surface area contributed by atoms with Gasteiger partial charge in [-0.15, -0.1) is 0 Å². The van der Waals surface area contributed by atoms with Crippen molar-refractivity contribution in [1.82, 2.24) is 0 Å². The Hall–Kier alpha value is -1.01. The highest BCUT2D eigenvalue weighted by Gasteiger charge is 2.29.